The van der Waals surface area contributed by atoms with E-state index in [1.807, 2.05) is 0 Å². The fourth-order valence-electron chi connectivity index (χ4n) is 4.76. The molecule has 0 aliphatic carbocycles. The molecule has 6 aromatic carbocycles. The molecule has 0 saturated heterocycles. The third-order valence-electron chi connectivity index (χ3n) is 6.14. The lowest BCUT2D eigenvalue weighted by molar-refractivity contribution is 1.51. The zero-order valence-corrected chi connectivity index (χ0v) is 16.1. The highest BCUT2D eigenvalue weighted by Crippen LogP contribution is 2.37. The lowest BCUT2D eigenvalue weighted by Crippen LogP contribution is -1.85. The van der Waals surface area contributed by atoms with E-state index in [4.69, 9.17) is 0 Å². The molecule has 6 rings (SSSR count). The molecule has 28 heavy (non-hydrogen) atoms. The van der Waals surface area contributed by atoms with E-state index in [-0.39, 0.29) is 0 Å². The fourth-order valence-corrected chi connectivity index (χ4v) is 4.76. The predicted molar refractivity (Wildman–Crippen MR) is 123 cm³/mol. The summed E-state index contributed by atoms with van der Waals surface area (Å²) in [4.78, 5) is 0. The highest BCUT2D eigenvalue weighted by atomic mass is 14.1. The average molecular weight is 356 g/mol. The molecule has 0 amide bonds. The Morgan fingerprint density at radius 1 is 0.321 bits per heavy atom. The van der Waals surface area contributed by atoms with Crippen molar-refractivity contribution in [1.29, 1.82) is 0 Å². The van der Waals surface area contributed by atoms with Crippen molar-refractivity contribution in [1.82, 2.24) is 0 Å². The molecule has 0 unspecified atom stereocenters. The first-order valence-electron chi connectivity index (χ1n) is 9.87. The van der Waals surface area contributed by atoms with Crippen LogP contribution in [-0.2, 0) is 0 Å². The summed E-state index contributed by atoms with van der Waals surface area (Å²) in [6.45, 7) is 4.31. The second-order valence-corrected chi connectivity index (χ2v) is 8.00. The highest BCUT2D eigenvalue weighted by Gasteiger charge is 2.09. The molecule has 0 N–H and O–H groups in total. The van der Waals surface area contributed by atoms with E-state index in [0.29, 0.717) is 0 Å². The van der Waals surface area contributed by atoms with Gasteiger partial charge in [-0.05, 0) is 67.7 Å². The molecule has 0 radical (unpaired) electrons. The summed E-state index contributed by atoms with van der Waals surface area (Å²) in [6.07, 6.45) is 0. The second kappa shape index (κ2) is 5.56. The topological polar surface area (TPSA) is 0 Å². The van der Waals surface area contributed by atoms with Crippen LogP contribution in [0.5, 0.6) is 0 Å². The van der Waals surface area contributed by atoms with Gasteiger partial charge in [0.25, 0.3) is 0 Å². The van der Waals surface area contributed by atoms with Gasteiger partial charge < -0.3 is 0 Å². The van der Waals surface area contributed by atoms with Gasteiger partial charge in [0.2, 0.25) is 0 Å². The Balaban J connectivity index is 1.76. The van der Waals surface area contributed by atoms with E-state index in [0.717, 1.165) is 0 Å². The first kappa shape index (κ1) is 15.7. The Hall–Kier alpha value is -3.38. The number of hydrogen-bond donors (Lipinski definition) is 0. The summed E-state index contributed by atoms with van der Waals surface area (Å²) in [7, 11) is 0. The average Bonchev–Trinajstić information content (AvgIpc) is 2.72. The maximum atomic E-state index is 2.30. The molecular weight excluding hydrogens is 336 g/mol. The van der Waals surface area contributed by atoms with Gasteiger partial charge >= 0.3 is 0 Å². The van der Waals surface area contributed by atoms with Crippen LogP contribution in [0.2, 0.25) is 0 Å². The lowest BCUT2D eigenvalue weighted by Gasteiger charge is -2.12. The number of aryl methyl sites for hydroxylation is 2. The highest BCUT2D eigenvalue weighted by molar-refractivity contribution is 6.24. The smallest absolute Gasteiger partial charge is 0.00987 e. The van der Waals surface area contributed by atoms with Gasteiger partial charge in [0.1, 0.15) is 0 Å². The van der Waals surface area contributed by atoms with Gasteiger partial charge in [0.15, 0.2) is 0 Å². The number of benzene rings is 6. The van der Waals surface area contributed by atoms with Gasteiger partial charge in [0, 0.05) is 0 Å². The Kier molecular flexibility index (Phi) is 3.11. The van der Waals surface area contributed by atoms with Crippen LogP contribution in [0.4, 0.5) is 0 Å². The number of rotatable bonds is 0. The van der Waals surface area contributed by atoms with Crippen molar-refractivity contribution in [3.05, 3.63) is 96.1 Å². The monoisotopic (exact) mass is 356 g/mol. The Morgan fingerprint density at radius 3 is 1.00 bits per heavy atom. The molecule has 0 atom stereocenters. The summed E-state index contributed by atoms with van der Waals surface area (Å²) in [6, 6.07) is 31.8. The van der Waals surface area contributed by atoms with Crippen LogP contribution in [0.3, 0.4) is 0 Å². The SMILES string of the molecule is Cc1ccc2c(ccc3c2ccc2c4ccc5cc(C)ccc5c4ccc32)c1. The normalized spacial score (nSPS) is 11.9. The van der Waals surface area contributed by atoms with Crippen LogP contribution in [0.1, 0.15) is 11.1 Å². The largest absolute Gasteiger partial charge is 0.0587 e. The molecule has 0 aromatic heterocycles. The third-order valence-corrected chi connectivity index (χ3v) is 6.14. The van der Waals surface area contributed by atoms with Gasteiger partial charge in [-0.3, -0.25) is 0 Å². The summed E-state index contributed by atoms with van der Waals surface area (Å²) in [5, 5.41) is 13.3. The molecule has 0 nitrogen and oxygen atoms in total. The van der Waals surface area contributed by atoms with E-state index < -0.39 is 0 Å². The summed E-state index contributed by atoms with van der Waals surface area (Å²) in [5.41, 5.74) is 2.61. The summed E-state index contributed by atoms with van der Waals surface area (Å²) in [5.74, 6) is 0. The third kappa shape index (κ3) is 2.12. The minimum atomic E-state index is 1.31. The molecular formula is C28H20. The van der Waals surface area contributed by atoms with Crippen molar-refractivity contribution < 1.29 is 0 Å². The molecule has 0 aliphatic rings. The van der Waals surface area contributed by atoms with E-state index in [1.54, 1.807) is 0 Å². The van der Waals surface area contributed by atoms with Crippen molar-refractivity contribution in [2.45, 2.75) is 13.8 Å². The van der Waals surface area contributed by atoms with Crippen LogP contribution in [-0.4, -0.2) is 0 Å². The van der Waals surface area contributed by atoms with Gasteiger partial charge in [0.05, 0.1) is 0 Å². The van der Waals surface area contributed by atoms with Crippen molar-refractivity contribution in [3.63, 3.8) is 0 Å². The Bertz CT molecular complexity index is 1450. The first-order chi connectivity index (χ1) is 13.7. The molecule has 0 saturated carbocycles. The zero-order valence-electron chi connectivity index (χ0n) is 16.1. The lowest BCUT2D eigenvalue weighted by atomic mass is 9.92. The zero-order chi connectivity index (χ0) is 18.8. The van der Waals surface area contributed by atoms with Gasteiger partial charge in [-0.2, -0.15) is 0 Å². The van der Waals surface area contributed by atoms with Crippen LogP contribution in [0.15, 0.2) is 84.9 Å². The van der Waals surface area contributed by atoms with Crippen molar-refractivity contribution in [3.8, 4) is 0 Å². The predicted octanol–water partition coefficient (Wildman–Crippen LogP) is 8.07. The molecule has 0 bridgehead atoms. The molecule has 0 heterocycles. The Morgan fingerprint density at radius 2 is 0.607 bits per heavy atom. The first-order valence-corrected chi connectivity index (χ1v) is 9.87. The maximum absolute atomic E-state index is 2.30. The van der Waals surface area contributed by atoms with E-state index in [9.17, 15) is 0 Å². The van der Waals surface area contributed by atoms with Gasteiger partial charge in [-0.1, -0.05) is 96.1 Å². The quantitative estimate of drug-likeness (QED) is 0.241. The standard InChI is InChI=1S/C28H20/c1-17-3-7-21-19(15-17)5-9-25-23(21)11-13-28-26-10-6-20-16-18(2)4-8-22(20)24(26)12-14-27(25)28/h3-16H,1-2H3. The van der Waals surface area contributed by atoms with Gasteiger partial charge in [-0.25, -0.2) is 0 Å². The maximum Gasteiger partial charge on any atom is -0.00987 e. The van der Waals surface area contributed by atoms with Crippen molar-refractivity contribution in [2.24, 2.45) is 0 Å². The number of hydrogen-bond acceptors (Lipinski definition) is 0. The second-order valence-electron chi connectivity index (χ2n) is 8.00. The molecule has 0 spiro atoms. The number of fused-ring (bicyclic) bond motifs is 9. The minimum absolute atomic E-state index is 1.31. The molecule has 0 aliphatic heterocycles. The van der Waals surface area contributed by atoms with Crippen LogP contribution < -0.4 is 0 Å². The fraction of sp³-hybridized carbons (Fsp3) is 0.0714. The summed E-state index contributed by atoms with van der Waals surface area (Å²) >= 11 is 0. The van der Waals surface area contributed by atoms with E-state index in [2.05, 4.69) is 98.8 Å². The Labute approximate surface area is 164 Å². The molecule has 132 valence electrons. The van der Waals surface area contributed by atoms with E-state index >= 15 is 0 Å². The van der Waals surface area contributed by atoms with Crippen molar-refractivity contribution >= 4 is 53.9 Å². The van der Waals surface area contributed by atoms with Gasteiger partial charge in [-0.15, -0.1) is 0 Å². The van der Waals surface area contributed by atoms with E-state index in [1.165, 1.54) is 65.0 Å². The molecule has 0 heteroatoms. The summed E-state index contributed by atoms with van der Waals surface area (Å²) < 4.78 is 0. The minimum Gasteiger partial charge on any atom is -0.0587 e. The van der Waals surface area contributed by atoms with Crippen LogP contribution >= 0.6 is 0 Å². The van der Waals surface area contributed by atoms with Crippen LogP contribution in [0.25, 0.3) is 53.9 Å². The molecule has 0 fully saturated rings. The molecule has 6 aromatic rings. The van der Waals surface area contributed by atoms with Crippen LogP contribution in [0, 0.1) is 13.8 Å². The van der Waals surface area contributed by atoms with Crippen molar-refractivity contribution in [2.75, 3.05) is 0 Å².